The molecule has 0 bridgehead atoms. The highest BCUT2D eigenvalue weighted by atomic mass is 16.2. The molecule has 0 aliphatic heterocycles. The molecule has 2 aromatic rings. The number of anilines is 1. The van der Waals surface area contributed by atoms with Gasteiger partial charge in [-0.25, -0.2) is 0 Å². The Morgan fingerprint density at radius 2 is 2.05 bits per heavy atom. The molecular formula is C14H17N5O. The molecule has 2 aromatic heterocycles. The van der Waals surface area contributed by atoms with E-state index in [4.69, 9.17) is 0 Å². The van der Waals surface area contributed by atoms with Gasteiger partial charge < -0.3 is 10.2 Å². The highest BCUT2D eigenvalue weighted by molar-refractivity contribution is 5.91. The number of pyridine rings is 1. The molecule has 0 aliphatic carbocycles. The van der Waals surface area contributed by atoms with Crippen molar-refractivity contribution in [2.75, 3.05) is 19.4 Å². The summed E-state index contributed by atoms with van der Waals surface area (Å²) in [6.07, 6.45) is 3.58. The van der Waals surface area contributed by atoms with Gasteiger partial charge in [-0.15, -0.1) is 10.2 Å². The maximum Gasteiger partial charge on any atom is 0.273 e. The largest absolute Gasteiger partial charge is 0.364 e. The van der Waals surface area contributed by atoms with E-state index in [1.165, 1.54) is 4.90 Å². The Morgan fingerprint density at radius 1 is 1.25 bits per heavy atom. The van der Waals surface area contributed by atoms with E-state index in [-0.39, 0.29) is 5.91 Å². The van der Waals surface area contributed by atoms with E-state index >= 15 is 0 Å². The van der Waals surface area contributed by atoms with Crippen LogP contribution in [0.25, 0.3) is 0 Å². The van der Waals surface area contributed by atoms with Crippen LogP contribution < -0.4 is 5.32 Å². The minimum Gasteiger partial charge on any atom is -0.364 e. The first-order valence-corrected chi connectivity index (χ1v) is 6.26. The second-order valence-corrected chi connectivity index (χ2v) is 4.66. The summed E-state index contributed by atoms with van der Waals surface area (Å²) in [7, 11) is 3.37. The van der Waals surface area contributed by atoms with Gasteiger partial charge in [0.2, 0.25) is 0 Å². The molecule has 104 valence electrons. The van der Waals surface area contributed by atoms with Gasteiger partial charge in [-0.1, -0.05) is 0 Å². The van der Waals surface area contributed by atoms with Gasteiger partial charge in [-0.2, -0.15) is 0 Å². The van der Waals surface area contributed by atoms with Crippen molar-refractivity contribution in [3.63, 3.8) is 0 Å². The van der Waals surface area contributed by atoms with Crippen molar-refractivity contribution in [1.82, 2.24) is 20.1 Å². The number of aromatic nitrogens is 3. The van der Waals surface area contributed by atoms with Crippen LogP contribution >= 0.6 is 0 Å². The number of hydrogen-bond donors (Lipinski definition) is 1. The molecule has 2 rings (SSSR count). The first-order chi connectivity index (χ1) is 9.58. The molecule has 0 radical (unpaired) electrons. The molecule has 1 N–H and O–H groups in total. The van der Waals surface area contributed by atoms with Crippen molar-refractivity contribution in [2.45, 2.75) is 13.5 Å². The fraction of sp³-hybridized carbons (Fsp3) is 0.286. The first-order valence-electron chi connectivity index (χ1n) is 6.26. The van der Waals surface area contributed by atoms with E-state index in [0.29, 0.717) is 18.1 Å². The Hall–Kier alpha value is -2.50. The molecule has 0 fully saturated rings. The van der Waals surface area contributed by atoms with Crippen LogP contribution in [0.2, 0.25) is 0 Å². The summed E-state index contributed by atoms with van der Waals surface area (Å²) in [5.74, 6) is 0.477. The van der Waals surface area contributed by atoms with Gasteiger partial charge in [0.15, 0.2) is 5.69 Å². The fourth-order valence-electron chi connectivity index (χ4n) is 1.66. The highest BCUT2D eigenvalue weighted by Gasteiger charge is 2.09. The summed E-state index contributed by atoms with van der Waals surface area (Å²) in [6, 6.07) is 5.37. The normalized spacial score (nSPS) is 10.2. The standard InChI is InChI=1S/C14H17N5O/c1-10-8-15-7-6-11(10)9-16-13-5-4-12(17-18-13)14(20)19(2)3/h4-8H,9H2,1-3H3,(H,16,18). The van der Waals surface area contributed by atoms with Crippen LogP contribution in [0.5, 0.6) is 0 Å². The summed E-state index contributed by atoms with van der Waals surface area (Å²) in [4.78, 5) is 17.2. The third-order valence-electron chi connectivity index (χ3n) is 2.89. The number of rotatable bonds is 4. The Kier molecular flexibility index (Phi) is 4.24. The number of hydrogen-bond acceptors (Lipinski definition) is 5. The lowest BCUT2D eigenvalue weighted by Gasteiger charge is -2.10. The number of aryl methyl sites for hydroxylation is 1. The molecule has 1 amide bonds. The summed E-state index contributed by atoms with van der Waals surface area (Å²) >= 11 is 0. The van der Waals surface area contributed by atoms with E-state index in [1.54, 1.807) is 32.4 Å². The minimum absolute atomic E-state index is 0.158. The van der Waals surface area contributed by atoms with E-state index in [2.05, 4.69) is 20.5 Å². The zero-order chi connectivity index (χ0) is 14.5. The number of carbonyl (C=O) groups is 1. The molecule has 6 heteroatoms. The maximum absolute atomic E-state index is 11.7. The highest BCUT2D eigenvalue weighted by Crippen LogP contribution is 2.09. The number of amides is 1. The molecule has 0 aliphatic rings. The van der Waals surface area contributed by atoms with E-state index < -0.39 is 0 Å². The molecule has 0 saturated heterocycles. The molecule has 0 atom stereocenters. The van der Waals surface area contributed by atoms with Crippen molar-refractivity contribution >= 4 is 11.7 Å². The van der Waals surface area contributed by atoms with Gasteiger partial charge in [-0.05, 0) is 36.2 Å². The minimum atomic E-state index is -0.158. The van der Waals surface area contributed by atoms with Crippen LogP contribution in [0.4, 0.5) is 5.82 Å². The second kappa shape index (κ2) is 6.10. The van der Waals surface area contributed by atoms with Crippen molar-refractivity contribution in [3.05, 3.63) is 47.4 Å². The third kappa shape index (κ3) is 3.28. The van der Waals surface area contributed by atoms with Crippen LogP contribution in [0.1, 0.15) is 21.6 Å². The van der Waals surface area contributed by atoms with Gasteiger partial charge in [-0.3, -0.25) is 9.78 Å². The molecule has 0 aromatic carbocycles. The van der Waals surface area contributed by atoms with Crippen LogP contribution in [0.3, 0.4) is 0 Å². The van der Waals surface area contributed by atoms with Crippen molar-refractivity contribution in [2.24, 2.45) is 0 Å². The quantitative estimate of drug-likeness (QED) is 0.912. The Morgan fingerprint density at radius 3 is 2.65 bits per heavy atom. The van der Waals surface area contributed by atoms with Gasteiger partial charge in [0.25, 0.3) is 5.91 Å². The zero-order valence-corrected chi connectivity index (χ0v) is 11.8. The van der Waals surface area contributed by atoms with Crippen molar-refractivity contribution in [3.8, 4) is 0 Å². The lowest BCUT2D eigenvalue weighted by Crippen LogP contribution is -2.23. The lowest BCUT2D eigenvalue weighted by atomic mass is 10.1. The molecular weight excluding hydrogens is 254 g/mol. The average molecular weight is 271 g/mol. The number of nitrogens with one attached hydrogen (secondary N) is 1. The van der Waals surface area contributed by atoms with Gasteiger partial charge in [0, 0.05) is 33.0 Å². The summed E-state index contributed by atoms with van der Waals surface area (Å²) in [5, 5.41) is 11.1. The van der Waals surface area contributed by atoms with Gasteiger partial charge >= 0.3 is 0 Å². The molecule has 20 heavy (non-hydrogen) atoms. The fourth-order valence-corrected chi connectivity index (χ4v) is 1.66. The Balaban J connectivity index is 2.01. The zero-order valence-electron chi connectivity index (χ0n) is 11.8. The van der Waals surface area contributed by atoms with Gasteiger partial charge in [0.1, 0.15) is 5.82 Å². The predicted octanol–water partition coefficient (Wildman–Crippen LogP) is 1.49. The van der Waals surface area contributed by atoms with Crippen LogP contribution in [0, 0.1) is 6.92 Å². The van der Waals surface area contributed by atoms with Gasteiger partial charge in [0.05, 0.1) is 0 Å². The van der Waals surface area contributed by atoms with Crippen LogP contribution in [-0.4, -0.2) is 40.1 Å². The average Bonchev–Trinajstić information content (AvgIpc) is 2.46. The predicted molar refractivity (Wildman–Crippen MR) is 76.4 cm³/mol. The third-order valence-corrected chi connectivity index (χ3v) is 2.89. The topological polar surface area (TPSA) is 71.0 Å². The maximum atomic E-state index is 11.7. The monoisotopic (exact) mass is 271 g/mol. The smallest absolute Gasteiger partial charge is 0.273 e. The van der Waals surface area contributed by atoms with Crippen LogP contribution in [-0.2, 0) is 6.54 Å². The summed E-state index contributed by atoms with van der Waals surface area (Å²) in [5.41, 5.74) is 2.60. The van der Waals surface area contributed by atoms with Crippen molar-refractivity contribution in [1.29, 1.82) is 0 Å². The van der Waals surface area contributed by atoms with Crippen LogP contribution in [0.15, 0.2) is 30.6 Å². The number of carbonyl (C=O) groups excluding carboxylic acids is 1. The number of nitrogens with zero attached hydrogens (tertiary/aromatic N) is 4. The lowest BCUT2D eigenvalue weighted by molar-refractivity contribution is 0.0821. The molecule has 0 unspecified atom stereocenters. The van der Waals surface area contributed by atoms with Crippen molar-refractivity contribution < 1.29 is 4.79 Å². The second-order valence-electron chi connectivity index (χ2n) is 4.66. The van der Waals surface area contributed by atoms with E-state index in [0.717, 1.165) is 11.1 Å². The summed E-state index contributed by atoms with van der Waals surface area (Å²) in [6.45, 7) is 2.65. The molecule has 0 spiro atoms. The Labute approximate surface area is 117 Å². The molecule has 2 heterocycles. The van der Waals surface area contributed by atoms with E-state index in [1.807, 2.05) is 19.2 Å². The van der Waals surface area contributed by atoms with E-state index in [9.17, 15) is 4.79 Å². The first kappa shape index (κ1) is 13.9. The molecule has 0 saturated carbocycles. The molecule has 6 nitrogen and oxygen atoms in total. The summed E-state index contributed by atoms with van der Waals surface area (Å²) < 4.78 is 0. The Bertz CT molecular complexity index is 595. The SMILES string of the molecule is Cc1cnccc1CNc1ccc(C(=O)N(C)C)nn1.